The molecule has 0 saturated carbocycles. The highest BCUT2D eigenvalue weighted by Gasteiger charge is 2.35. The van der Waals surface area contributed by atoms with E-state index in [1.54, 1.807) is 29.6 Å². The van der Waals surface area contributed by atoms with Gasteiger partial charge >= 0.3 is 6.09 Å². The Morgan fingerprint density at radius 1 is 1.17 bits per heavy atom. The average Bonchev–Trinajstić information content (AvgIpc) is 3.54. The zero-order chi connectivity index (χ0) is 32.6. The number of nitrogens with zero attached hydrogens (tertiary/aromatic N) is 7. The van der Waals surface area contributed by atoms with Crippen molar-refractivity contribution in [2.45, 2.75) is 45.7 Å². The van der Waals surface area contributed by atoms with E-state index in [0.717, 1.165) is 34.7 Å². The third-order valence-electron chi connectivity index (χ3n) is 8.09. The number of aromatic nitrogens is 5. The van der Waals surface area contributed by atoms with Gasteiger partial charge in [0, 0.05) is 61.0 Å². The highest BCUT2D eigenvalue weighted by molar-refractivity contribution is 6.30. The van der Waals surface area contributed by atoms with Crippen molar-refractivity contribution >= 4 is 35.0 Å². The van der Waals surface area contributed by atoms with Crippen molar-refractivity contribution in [2.75, 3.05) is 31.6 Å². The summed E-state index contributed by atoms with van der Waals surface area (Å²) in [4.78, 5) is 31.0. The third-order valence-corrected chi connectivity index (χ3v) is 8.32. The lowest BCUT2D eigenvalue weighted by Gasteiger charge is -2.26. The molecule has 4 heterocycles. The molecule has 4 aromatic rings. The minimum atomic E-state index is -1.25. The van der Waals surface area contributed by atoms with Gasteiger partial charge in [0.15, 0.2) is 17.3 Å². The van der Waals surface area contributed by atoms with Crippen LogP contribution in [0.2, 0.25) is 5.02 Å². The predicted molar refractivity (Wildman–Crippen MR) is 167 cm³/mol. The molecule has 1 aromatic carbocycles. The molecule has 1 N–H and O–H groups in total. The van der Waals surface area contributed by atoms with Gasteiger partial charge in [-0.15, -0.1) is 10.2 Å². The average molecular weight is 651 g/mol. The lowest BCUT2D eigenvalue weighted by atomic mass is 9.94. The summed E-state index contributed by atoms with van der Waals surface area (Å²) < 4.78 is 28.6. The Hall–Kier alpha value is -4.66. The van der Waals surface area contributed by atoms with Crippen molar-refractivity contribution in [3.8, 4) is 0 Å². The molecular weight excluding hydrogens is 619 g/mol. The van der Waals surface area contributed by atoms with E-state index >= 15 is 0 Å². The van der Waals surface area contributed by atoms with Crippen LogP contribution in [0, 0.1) is 29.8 Å². The molecule has 0 amide bonds. The van der Waals surface area contributed by atoms with E-state index in [2.05, 4.69) is 15.3 Å². The fourth-order valence-corrected chi connectivity index (χ4v) is 5.53. The Labute approximate surface area is 268 Å². The van der Waals surface area contributed by atoms with Gasteiger partial charge in [0.05, 0.1) is 30.3 Å². The Balaban J connectivity index is 1.29. The van der Waals surface area contributed by atoms with Gasteiger partial charge in [0.1, 0.15) is 11.6 Å². The van der Waals surface area contributed by atoms with E-state index in [1.807, 2.05) is 13.0 Å². The molecule has 3 aromatic heterocycles. The standard InChI is InChI=1S/C31H32ClFN8O5/c1-19-14-27(36-39(19)30(42)46-24-6-8-31(3,9-7-24)41(43)44)35-28-16-22(18-38-10-12-45-13-11-38)29-34-20(2)26(40(29)37-28)15-21-4-5-23(32)17-25(21)33/h4-8,14,16-17H,9-13,15,18H2,1-3H3,(H,35,36,37). The summed E-state index contributed by atoms with van der Waals surface area (Å²) >= 11 is 5.98. The van der Waals surface area contributed by atoms with Crippen LogP contribution in [-0.4, -0.2) is 72.1 Å². The van der Waals surface area contributed by atoms with Crippen molar-refractivity contribution in [2.24, 2.45) is 0 Å². The SMILES string of the molecule is Cc1nc2c(CN3CCOCC3)cc(Nc3cc(C)n(C(=O)OC4=CCC(C)([N+](=O)[O-])C=C4)n3)nn2c1Cc1ccc(Cl)cc1F. The maximum atomic E-state index is 14.8. The number of carbonyl (C=O) groups is 1. The molecule has 2 aliphatic rings. The molecule has 1 fully saturated rings. The van der Waals surface area contributed by atoms with Crippen LogP contribution in [-0.2, 0) is 22.4 Å². The van der Waals surface area contributed by atoms with E-state index in [4.69, 9.17) is 31.2 Å². The summed E-state index contributed by atoms with van der Waals surface area (Å²) in [6.45, 7) is 8.46. The number of anilines is 2. The quantitative estimate of drug-likeness (QED) is 0.195. The highest BCUT2D eigenvalue weighted by Crippen LogP contribution is 2.27. The first kappa shape index (κ1) is 31.3. The van der Waals surface area contributed by atoms with Crippen LogP contribution in [0.25, 0.3) is 5.65 Å². The Morgan fingerprint density at radius 2 is 1.93 bits per heavy atom. The van der Waals surface area contributed by atoms with Crippen LogP contribution in [0.3, 0.4) is 0 Å². The van der Waals surface area contributed by atoms with Crippen LogP contribution in [0.5, 0.6) is 0 Å². The van der Waals surface area contributed by atoms with Gasteiger partial charge in [0.25, 0.3) is 0 Å². The van der Waals surface area contributed by atoms with E-state index < -0.39 is 17.4 Å². The number of aryl methyl sites for hydroxylation is 2. The molecule has 1 unspecified atom stereocenters. The van der Waals surface area contributed by atoms with Gasteiger partial charge in [-0.25, -0.2) is 18.7 Å². The van der Waals surface area contributed by atoms with E-state index in [1.165, 1.54) is 31.2 Å². The minimum Gasteiger partial charge on any atom is -0.409 e. The number of rotatable bonds is 8. The molecule has 46 heavy (non-hydrogen) atoms. The van der Waals surface area contributed by atoms with Gasteiger partial charge < -0.3 is 14.8 Å². The second-order valence-electron chi connectivity index (χ2n) is 11.6. The fourth-order valence-electron chi connectivity index (χ4n) is 5.37. The van der Waals surface area contributed by atoms with Gasteiger partial charge in [0.2, 0.25) is 5.54 Å². The number of nitro groups is 1. The smallest absolute Gasteiger partial charge is 0.409 e. The molecule has 1 saturated heterocycles. The summed E-state index contributed by atoms with van der Waals surface area (Å²) in [6, 6.07) is 8.15. The Bertz CT molecular complexity index is 1900. The number of hydrogen-bond acceptors (Lipinski definition) is 10. The fraction of sp³-hybridized carbons (Fsp3) is 0.355. The minimum absolute atomic E-state index is 0.0886. The number of carbonyl (C=O) groups excluding carboxylic acids is 1. The van der Waals surface area contributed by atoms with Gasteiger partial charge in [-0.05, 0) is 55.8 Å². The molecule has 1 aliphatic carbocycles. The third kappa shape index (κ3) is 6.50. The molecule has 0 radical (unpaired) electrons. The van der Waals surface area contributed by atoms with Gasteiger partial charge in [-0.2, -0.15) is 4.68 Å². The normalized spacial score (nSPS) is 18.5. The van der Waals surface area contributed by atoms with Crippen LogP contribution >= 0.6 is 11.6 Å². The maximum absolute atomic E-state index is 14.8. The number of allylic oxidation sites excluding steroid dienone is 1. The summed E-state index contributed by atoms with van der Waals surface area (Å²) in [5.41, 5.74) is 2.70. The van der Waals surface area contributed by atoms with Crippen LogP contribution in [0.4, 0.5) is 20.8 Å². The first-order chi connectivity index (χ1) is 22.0. The number of nitrogens with one attached hydrogen (secondary N) is 1. The lowest BCUT2D eigenvalue weighted by molar-refractivity contribution is -0.549. The van der Waals surface area contributed by atoms with E-state index in [-0.39, 0.29) is 23.5 Å². The monoisotopic (exact) mass is 650 g/mol. The molecule has 13 nitrogen and oxygen atoms in total. The number of imidazole rings is 1. The first-order valence-electron chi connectivity index (χ1n) is 14.7. The second-order valence-corrected chi connectivity index (χ2v) is 12.0. The number of ether oxygens (including phenoxy) is 2. The van der Waals surface area contributed by atoms with Crippen molar-refractivity contribution in [3.05, 3.63) is 103 Å². The van der Waals surface area contributed by atoms with Crippen molar-refractivity contribution < 1.29 is 23.6 Å². The molecule has 6 rings (SSSR count). The molecular formula is C31H32ClFN8O5. The van der Waals surface area contributed by atoms with Crippen LogP contribution in [0.1, 0.15) is 41.6 Å². The zero-order valence-electron chi connectivity index (χ0n) is 25.5. The summed E-state index contributed by atoms with van der Waals surface area (Å²) in [7, 11) is 0. The number of fused-ring (bicyclic) bond motifs is 1. The molecule has 0 bridgehead atoms. The molecule has 1 atom stereocenters. The number of morpholine rings is 1. The number of hydrogen-bond donors (Lipinski definition) is 1. The largest absolute Gasteiger partial charge is 0.440 e. The van der Waals surface area contributed by atoms with Crippen molar-refractivity contribution in [3.63, 3.8) is 0 Å². The maximum Gasteiger partial charge on any atom is 0.440 e. The van der Waals surface area contributed by atoms with Gasteiger partial charge in [-0.1, -0.05) is 17.7 Å². The van der Waals surface area contributed by atoms with E-state index in [0.29, 0.717) is 53.3 Å². The molecule has 0 spiro atoms. The highest BCUT2D eigenvalue weighted by atomic mass is 35.5. The summed E-state index contributed by atoms with van der Waals surface area (Å²) in [5.74, 6) is 0.577. The first-order valence-corrected chi connectivity index (χ1v) is 15.1. The van der Waals surface area contributed by atoms with Crippen LogP contribution in [0.15, 0.2) is 54.3 Å². The van der Waals surface area contributed by atoms with Crippen molar-refractivity contribution in [1.82, 2.24) is 29.3 Å². The number of benzene rings is 1. The van der Waals surface area contributed by atoms with E-state index in [9.17, 15) is 19.3 Å². The van der Waals surface area contributed by atoms with Crippen molar-refractivity contribution in [1.29, 1.82) is 0 Å². The molecule has 15 heteroatoms. The topological polar surface area (TPSA) is 142 Å². The van der Waals surface area contributed by atoms with Crippen LogP contribution < -0.4 is 5.32 Å². The molecule has 1 aliphatic heterocycles. The Morgan fingerprint density at radius 3 is 2.63 bits per heavy atom. The molecule has 240 valence electrons. The zero-order valence-corrected chi connectivity index (χ0v) is 26.3. The summed E-state index contributed by atoms with van der Waals surface area (Å²) in [6.07, 6.45) is 3.90. The second kappa shape index (κ2) is 12.6. The van der Waals surface area contributed by atoms with Gasteiger partial charge in [-0.3, -0.25) is 15.0 Å². The Kier molecular flexibility index (Phi) is 8.59. The lowest BCUT2D eigenvalue weighted by Crippen LogP contribution is -2.35. The summed E-state index contributed by atoms with van der Waals surface area (Å²) in [5, 5.41) is 24.0. The number of halogens is 2. The predicted octanol–water partition coefficient (Wildman–Crippen LogP) is 5.37.